The van der Waals surface area contributed by atoms with Gasteiger partial charge in [0.2, 0.25) is 0 Å². The van der Waals surface area contributed by atoms with Crippen molar-refractivity contribution in [3.05, 3.63) is 29.3 Å². The molecule has 1 aromatic carbocycles. The zero-order chi connectivity index (χ0) is 11.3. The van der Waals surface area contributed by atoms with Crippen molar-refractivity contribution in [2.45, 2.75) is 19.8 Å². The topological polar surface area (TPSA) is 26.3 Å². The van der Waals surface area contributed by atoms with Gasteiger partial charge in [-0.3, -0.25) is 4.79 Å². The first kappa shape index (κ1) is 12.1. The highest BCUT2D eigenvalue weighted by Crippen LogP contribution is 2.21. The fourth-order valence-corrected chi connectivity index (χ4v) is 1.68. The average molecular weight is 224 g/mol. The third-order valence-electron chi connectivity index (χ3n) is 2.32. The van der Waals surface area contributed by atoms with E-state index >= 15 is 0 Å². The van der Waals surface area contributed by atoms with Gasteiger partial charge in [-0.1, -0.05) is 6.92 Å². The van der Waals surface area contributed by atoms with Crippen molar-refractivity contribution in [3.63, 3.8) is 0 Å². The fraction of sp³-hybridized carbons (Fsp3) is 0.417. The van der Waals surface area contributed by atoms with Crippen molar-refractivity contribution in [2.24, 2.45) is 0 Å². The quantitative estimate of drug-likeness (QED) is 0.615. The van der Waals surface area contributed by atoms with Crippen molar-refractivity contribution >= 4 is 18.4 Å². The van der Waals surface area contributed by atoms with Gasteiger partial charge in [0.05, 0.1) is 7.11 Å². The van der Waals surface area contributed by atoms with E-state index in [1.165, 1.54) is 0 Å². The lowest BCUT2D eigenvalue weighted by Crippen LogP contribution is -2.01. The van der Waals surface area contributed by atoms with Crippen LogP contribution in [0.2, 0.25) is 0 Å². The number of hydrogen-bond donors (Lipinski definition) is 1. The predicted octanol–water partition coefficient (Wildman–Crippen LogP) is 2.76. The molecule has 0 unspecified atom stereocenters. The summed E-state index contributed by atoms with van der Waals surface area (Å²) >= 11 is 4.05. The third kappa shape index (κ3) is 2.99. The van der Waals surface area contributed by atoms with Crippen LogP contribution in [0.25, 0.3) is 0 Å². The minimum Gasteiger partial charge on any atom is -0.496 e. The summed E-state index contributed by atoms with van der Waals surface area (Å²) < 4.78 is 5.20. The van der Waals surface area contributed by atoms with Gasteiger partial charge >= 0.3 is 0 Å². The molecule has 0 amide bonds. The molecule has 0 fully saturated rings. The Morgan fingerprint density at radius 1 is 1.47 bits per heavy atom. The van der Waals surface area contributed by atoms with Crippen LogP contribution in [-0.2, 0) is 6.42 Å². The molecule has 82 valence electrons. The normalized spacial score (nSPS) is 10.1. The van der Waals surface area contributed by atoms with E-state index < -0.39 is 0 Å². The highest BCUT2D eigenvalue weighted by Gasteiger charge is 2.08. The summed E-state index contributed by atoms with van der Waals surface area (Å²) in [5, 5.41) is 0. The molecule has 2 nitrogen and oxygen atoms in total. The van der Waals surface area contributed by atoms with Crippen LogP contribution in [0.1, 0.15) is 29.3 Å². The lowest BCUT2D eigenvalue weighted by Gasteiger charge is -2.08. The van der Waals surface area contributed by atoms with E-state index in [0.29, 0.717) is 12.2 Å². The Balaban J connectivity index is 2.97. The van der Waals surface area contributed by atoms with Gasteiger partial charge in [0, 0.05) is 12.0 Å². The number of Topliss-reactive ketones (excluding diaryl/α,β-unsaturated/α-hetero) is 1. The van der Waals surface area contributed by atoms with Crippen LogP contribution in [-0.4, -0.2) is 18.6 Å². The van der Waals surface area contributed by atoms with E-state index in [0.717, 1.165) is 23.3 Å². The minimum atomic E-state index is 0.141. The zero-order valence-electron chi connectivity index (χ0n) is 9.12. The van der Waals surface area contributed by atoms with Gasteiger partial charge in [0.25, 0.3) is 0 Å². The first-order chi connectivity index (χ1) is 7.22. The molecule has 0 N–H and O–H groups in total. The average Bonchev–Trinajstić information content (AvgIpc) is 2.28. The number of methoxy groups -OCH3 is 1. The van der Waals surface area contributed by atoms with E-state index in [-0.39, 0.29) is 5.78 Å². The first-order valence-electron chi connectivity index (χ1n) is 5.03. The lowest BCUT2D eigenvalue weighted by molar-refractivity contribution is 0.0989. The van der Waals surface area contributed by atoms with E-state index in [4.69, 9.17) is 4.74 Å². The molecule has 0 aliphatic carbocycles. The second-order valence-electron chi connectivity index (χ2n) is 3.28. The molecule has 1 rings (SSSR count). The number of carbonyl (C=O) groups is 1. The Kier molecular flexibility index (Phi) is 4.69. The molecule has 0 radical (unpaired) electrons. The number of aryl methyl sites for hydroxylation is 1. The van der Waals surface area contributed by atoms with Crippen LogP contribution in [0.3, 0.4) is 0 Å². The highest BCUT2D eigenvalue weighted by molar-refractivity contribution is 7.80. The Hall–Kier alpha value is -0.960. The van der Waals surface area contributed by atoms with Gasteiger partial charge in [0.15, 0.2) is 5.78 Å². The van der Waals surface area contributed by atoms with Crippen LogP contribution >= 0.6 is 12.6 Å². The molecule has 0 aliphatic heterocycles. The smallest absolute Gasteiger partial charge is 0.163 e. The van der Waals surface area contributed by atoms with Gasteiger partial charge in [-0.2, -0.15) is 12.6 Å². The first-order valence-corrected chi connectivity index (χ1v) is 5.67. The summed E-state index contributed by atoms with van der Waals surface area (Å²) in [6, 6.07) is 5.57. The molecular formula is C12H16O2S. The molecule has 0 aliphatic rings. The number of carbonyl (C=O) groups excluding carboxylic acids is 1. The van der Waals surface area contributed by atoms with Gasteiger partial charge < -0.3 is 4.74 Å². The van der Waals surface area contributed by atoms with Crippen LogP contribution < -0.4 is 4.74 Å². The number of hydrogen-bond acceptors (Lipinski definition) is 3. The summed E-state index contributed by atoms with van der Waals surface area (Å²) in [6.07, 6.45) is 1.35. The van der Waals surface area contributed by atoms with E-state index in [9.17, 15) is 4.79 Å². The molecule has 1 aromatic rings. The SMILES string of the molecule is CCc1cc(C(=O)CCS)ccc1OC. The molecule has 0 atom stereocenters. The van der Waals surface area contributed by atoms with Crippen LogP contribution in [0.5, 0.6) is 5.75 Å². The second-order valence-corrected chi connectivity index (χ2v) is 3.72. The number of thiol groups is 1. The van der Waals surface area contributed by atoms with Crippen molar-refractivity contribution in [3.8, 4) is 5.75 Å². The van der Waals surface area contributed by atoms with Crippen LogP contribution in [0, 0.1) is 0 Å². The van der Waals surface area contributed by atoms with Crippen molar-refractivity contribution in [1.82, 2.24) is 0 Å². The minimum absolute atomic E-state index is 0.141. The number of ether oxygens (including phenoxy) is 1. The number of rotatable bonds is 5. The van der Waals surface area contributed by atoms with E-state index in [1.807, 2.05) is 25.1 Å². The monoisotopic (exact) mass is 224 g/mol. The van der Waals surface area contributed by atoms with Gasteiger partial charge in [-0.25, -0.2) is 0 Å². The summed E-state index contributed by atoms with van der Waals surface area (Å²) in [5.74, 6) is 1.58. The summed E-state index contributed by atoms with van der Waals surface area (Å²) in [6.45, 7) is 2.05. The molecule has 0 heterocycles. The number of ketones is 1. The fourth-order valence-electron chi connectivity index (χ4n) is 1.47. The van der Waals surface area contributed by atoms with Crippen molar-refractivity contribution < 1.29 is 9.53 Å². The molecule has 0 bridgehead atoms. The van der Waals surface area contributed by atoms with Crippen LogP contribution in [0.15, 0.2) is 18.2 Å². The molecule has 0 saturated carbocycles. The Bertz CT molecular complexity index is 347. The third-order valence-corrected chi connectivity index (χ3v) is 2.55. The summed E-state index contributed by atoms with van der Waals surface area (Å²) in [5.41, 5.74) is 1.82. The van der Waals surface area contributed by atoms with E-state index in [2.05, 4.69) is 12.6 Å². The maximum absolute atomic E-state index is 11.6. The molecule has 0 aromatic heterocycles. The lowest BCUT2D eigenvalue weighted by atomic mass is 10.0. The Morgan fingerprint density at radius 2 is 2.20 bits per heavy atom. The highest BCUT2D eigenvalue weighted by atomic mass is 32.1. The second kappa shape index (κ2) is 5.81. The van der Waals surface area contributed by atoms with Gasteiger partial charge in [-0.15, -0.1) is 0 Å². The summed E-state index contributed by atoms with van der Waals surface area (Å²) in [4.78, 5) is 11.6. The Morgan fingerprint density at radius 3 is 2.73 bits per heavy atom. The molecule has 3 heteroatoms. The largest absolute Gasteiger partial charge is 0.496 e. The molecule has 0 spiro atoms. The maximum atomic E-state index is 11.6. The molecular weight excluding hydrogens is 208 g/mol. The molecule has 15 heavy (non-hydrogen) atoms. The van der Waals surface area contributed by atoms with Gasteiger partial charge in [0.1, 0.15) is 5.75 Å². The summed E-state index contributed by atoms with van der Waals surface area (Å²) in [7, 11) is 1.64. The van der Waals surface area contributed by atoms with E-state index in [1.54, 1.807) is 7.11 Å². The van der Waals surface area contributed by atoms with Crippen LogP contribution in [0.4, 0.5) is 0 Å². The number of benzene rings is 1. The molecule has 0 saturated heterocycles. The standard InChI is InChI=1S/C12H16O2S/c1-3-9-8-10(11(13)6-7-15)4-5-12(9)14-2/h4-5,8,15H,3,6-7H2,1-2H3. The maximum Gasteiger partial charge on any atom is 0.163 e. The van der Waals surface area contributed by atoms with Crippen molar-refractivity contribution in [1.29, 1.82) is 0 Å². The van der Waals surface area contributed by atoms with Gasteiger partial charge in [-0.05, 0) is 35.9 Å². The Labute approximate surface area is 96.1 Å². The van der Waals surface area contributed by atoms with Crippen molar-refractivity contribution in [2.75, 3.05) is 12.9 Å². The zero-order valence-corrected chi connectivity index (χ0v) is 10.0. The predicted molar refractivity (Wildman–Crippen MR) is 65.2 cm³/mol.